The van der Waals surface area contributed by atoms with Crippen LogP contribution in [-0.2, 0) is 4.74 Å². The van der Waals surface area contributed by atoms with Gasteiger partial charge in [-0.25, -0.2) is 19.9 Å². The third-order valence-corrected chi connectivity index (χ3v) is 5.82. The van der Waals surface area contributed by atoms with E-state index in [9.17, 15) is 5.21 Å². The Balaban J connectivity index is 1.33. The molecule has 3 fully saturated rings. The lowest BCUT2D eigenvalue weighted by Crippen LogP contribution is -2.67. The number of rotatable bonds is 2. The van der Waals surface area contributed by atoms with E-state index >= 15 is 0 Å². The maximum absolute atomic E-state index is 12.7. The molecule has 1 N–H and O–H groups in total. The number of imidazole rings is 1. The van der Waals surface area contributed by atoms with Gasteiger partial charge in [-0.05, 0) is 6.92 Å². The molecule has 0 aromatic carbocycles. The Kier molecular flexibility index (Phi) is 3.32. The molecule has 0 radical (unpaired) electrons. The number of piperidine rings is 3. The highest BCUT2D eigenvalue weighted by atomic mass is 16.6. The van der Waals surface area contributed by atoms with Crippen LogP contribution in [0.5, 0.6) is 0 Å². The number of aliphatic imine (C=N–C) groups is 1. The van der Waals surface area contributed by atoms with Crippen LogP contribution in [0.4, 0.5) is 5.82 Å². The average molecular weight is 355 g/mol. The standard InChI is InChI=1S/C17H21N7O2/c1-12-18-4-5-23(12)15-8-14(20-11-21-15)22-16-19-9-17(26-16)10-24(25)6-2-13(17)3-7-24/h4-5,8,11,13H,2-3,6-7,9-10H2,1H3,(H,19,20,21,22). The average Bonchev–Trinajstić information content (AvgIpc) is 3.22. The lowest BCUT2D eigenvalue weighted by atomic mass is 9.75. The Hall–Kier alpha value is -2.52. The number of quaternary nitrogens is 1. The van der Waals surface area contributed by atoms with E-state index in [2.05, 4.69) is 25.3 Å². The van der Waals surface area contributed by atoms with E-state index in [4.69, 9.17) is 4.74 Å². The molecule has 1 unspecified atom stereocenters. The first-order valence-corrected chi connectivity index (χ1v) is 8.95. The minimum Gasteiger partial charge on any atom is -0.633 e. The van der Waals surface area contributed by atoms with Gasteiger partial charge in [0.2, 0.25) is 0 Å². The van der Waals surface area contributed by atoms with Gasteiger partial charge in [0, 0.05) is 37.2 Å². The van der Waals surface area contributed by atoms with Crippen molar-refractivity contribution in [3.8, 4) is 5.82 Å². The van der Waals surface area contributed by atoms with Gasteiger partial charge in [0.05, 0.1) is 19.6 Å². The van der Waals surface area contributed by atoms with Crippen molar-refractivity contribution in [3.63, 3.8) is 0 Å². The van der Waals surface area contributed by atoms with Crippen molar-refractivity contribution in [2.24, 2.45) is 10.9 Å². The Labute approximate surface area is 150 Å². The van der Waals surface area contributed by atoms with Crippen molar-refractivity contribution >= 4 is 11.8 Å². The first-order chi connectivity index (χ1) is 12.6. The Morgan fingerprint density at radius 1 is 1.31 bits per heavy atom. The molecular weight excluding hydrogens is 334 g/mol. The van der Waals surface area contributed by atoms with E-state index in [-0.39, 0.29) is 4.65 Å². The zero-order valence-electron chi connectivity index (χ0n) is 14.6. The zero-order chi connectivity index (χ0) is 17.8. The summed E-state index contributed by atoms with van der Waals surface area (Å²) in [5.74, 6) is 2.58. The van der Waals surface area contributed by atoms with Crippen LogP contribution in [-0.4, -0.2) is 62.0 Å². The fourth-order valence-electron chi connectivity index (χ4n) is 4.44. The molecule has 0 amide bonds. The summed E-state index contributed by atoms with van der Waals surface area (Å²) in [5, 5.41) is 15.9. The summed E-state index contributed by atoms with van der Waals surface area (Å²) in [6.07, 6.45) is 6.92. The van der Waals surface area contributed by atoms with Crippen LogP contribution >= 0.6 is 0 Å². The summed E-state index contributed by atoms with van der Waals surface area (Å²) in [5.41, 5.74) is -0.447. The third kappa shape index (κ3) is 2.46. The predicted molar refractivity (Wildman–Crippen MR) is 94.6 cm³/mol. The molecule has 4 aliphatic rings. The van der Waals surface area contributed by atoms with E-state index in [1.807, 2.05) is 23.8 Å². The molecular formula is C17H21N7O2. The van der Waals surface area contributed by atoms with Crippen molar-refractivity contribution < 1.29 is 9.38 Å². The smallest absolute Gasteiger partial charge is 0.291 e. The number of amidine groups is 1. The molecule has 6 heterocycles. The zero-order valence-corrected chi connectivity index (χ0v) is 14.6. The molecule has 2 aromatic heterocycles. The normalized spacial score (nSPS) is 32.5. The van der Waals surface area contributed by atoms with Gasteiger partial charge >= 0.3 is 0 Å². The topological polar surface area (TPSA) is 100 Å². The summed E-state index contributed by atoms with van der Waals surface area (Å²) in [4.78, 5) is 17.3. The third-order valence-electron chi connectivity index (χ3n) is 5.82. The number of ether oxygens (including phenoxy) is 1. The van der Waals surface area contributed by atoms with Gasteiger partial charge in [-0.2, -0.15) is 0 Å². The van der Waals surface area contributed by atoms with Gasteiger partial charge in [0.25, 0.3) is 6.02 Å². The van der Waals surface area contributed by atoms with Crippen LogP contribution in [0.25, 0.3) is 5.82 Å². The summed E-state index contributed by atoms with van der Waals surface area (Å²) in [7, 11) is 0. The van der Waals surface area contributed by atoms with Crippen LogP contribution < -0.4 is 5.32 Å². The minimum absolute atomic E-state index is 0.142. The van der Waals surface area contributed by atoms with Crippen molar-refractivity contribution in [2.45, 2.75) is 25.4 Å². The van der Waals surface area contributed by atoms with E-state index in [1.54, 1.807) is 6.20 Å². The largest absolute Gasteiger partial charge is 0.633 e. The monoisotopic (exact) mass is 355 g/mol. The molecule has 2 bridgehead atoms. The second-order valence-corrected chi connectivity index (χ2v) is 7.46. The van der Waals surface area contributed by atoms with Crippen LogP contribution in [0.15, 0.2) is 29.8 Å². The number of hydrogen-bond donors (Lipinski definition) is 1. The van der Waals surface area contributed by atoms with Crippen LogP contribution in [0.2, 0.25) is 0 Å². The number of aryl methyl sites for hydroxylation is 1. The number of hydrogen-bond acceptors (Lipinski definition) is 7. The second-order valence-electron chi connectivity index (χ2n) is 7.46. The van der Waals surface area contributed by atoms with Crippen molar-refractivity contribution in [1.29, 1.82) is 0 Å². The van der Waals surface area contributed by atoms with Gasteiger partial charge < -0.3 is 14.6 Å². The van der Waals surface area contributed by atoms with Gasteiger partial charge in [0.1, 0.15) is 30.3 Å². The molecule has 6 rings (SSSR count). The number of fused-ring (bicyclic) bond motifs is 2. The summed E-state index contributed by atoms with van der Waals surface area (Å²) < 4.78 is 7.93. The van der Waals surface area contributed by atoms with Gasteiger partial charge in [-0.15, -0.1) is 0 Å². The van der Waals surface area contributed by atoms with Crippen molar-refractivity contribution in [3.05, 3.63) is 35.8 Å². The lowest BCUT2D eigenvalue weighted by Gasteiger charge is -2.58. The lowest BCUT2D eigenvalue weighted by molar-refractivity contribution is -0.905. The van der Waals surface area contributed by atoms with Gasteiger partial charge in [0.15, 0.2) is 5.60 Å². The first kappa shape index (κ1) is 15.7. The highest BCUT2D eigenvalue weighted by Crippen LogP contribution is 2.44. The van der Waals surface area contributed by atoms with E-state index < -0.39 is 5.60 Å². The molecule has 0 saturated carbocycles. The molecule has 9 heteroatoms. The van der Waals surface area contributed by atoms with Crippen molar-refractivity contribution in [2.75, 3.05) is 31.5 Å². The Bertz CT molecular complexity index is 872. The maximum Gasteiger partial charge on any atom is 0.291 e. The van der Waals surface area contributed by atoms with Crippen LogP contribution in [0.3, 0.4) is 0 Å². The fraction of sp³-hybridized carbons (Fsp3) is 0.529. The van der Waals surface area contributed by atoms with Crippen LogP contribution in [0.1, 0.15) is 18.7 Å². The predicted octanol–water partition coefficient (Wildman–Crippen LogP) is 1.25. The molecule has 26 heavy (non-hydrogen) atoms. The molecule has 1 spiro atoms. The van der Waals surface area contributed by atoms with Gasteiger partial charge in [-0.1, -0.05) is 0 Å². The number of aromatic nitrogens is 4. The van der Waals surface area contributed by atoms with Crippen LogP contribution in [0, 0.1) is 18.0 Å². The van der Waals surface area contributed by atoms with E-state index in [1.165, 1.54) is 6.33 Å². The summed E-state index contributed by atoms with van der Waals surface area (Å²) >= 11 is 0. The second kappa shape index (κ2) is 5.49. The first-order valence-electron chi connectivity index (χ1n) is 8.95. The SMILES string of the molecule is Cc1nccn1-c1cc(NC2=NCC3(C[N+]4([O-])CCC3CC4)O2)ncn1. The van der Waals surface area contributed by atoms with Crippen molar-refractivity contribution in [1.82, 2.24) is 19.5 Å². The highest BCUT2D eigenvalue weighted by Gasteiger charge is 2.56. The molecule has 136 valence electrons. The molecule has 4 aliphatic heterocycles. The quantitative estimate of drug-likeness (QED) is 0.643. The van der Waals surface area contributed by atoms with Gasteiger partial charge in [-0.3, -0.25) is 9.88 Å². The minimum atomic E-state index is -0.447. The van der Waals surface area contributed by atoms with E-state index in [0.29, 0.717) is 43.9 Å². The summed E-state index contributed by atoms with van der Waals surface area (Å²) in [6.45, 7) is 4.37. The highest BCUT2D eigenvalue weighted by molar-refractivity contribution is 5.89. The molecule has 0 aliphatic carbocycles. The Morgan fingerprint density at radius 2 is 2.15 bits per heavy atom. The Morgan fingerprint density at radius 3 is 2.88 bits per heavy atom. The molecule has 1 atom stereocenters. The molecule has 2 aromatic rings. The molecule has 9 nitrogen and oxygen atoms in total. The number of anilines is 1. The molecule has 3 saturated heterocycles. The number of hydroxylamine groups is 3. The fourth-order valence-corrected chi connectivity index (χ4v) is 4.44. The van der Waals surface area contributed by atoms with E-state index in [0.717, 1.165) is 24.5 Å². The summed E-state index contributed by atoms with van der Waals surface area (Å²) in [6, 6.07) is 2.27. The number of nitrogens with zero attached hydrogens (tertiary/aromatic N) is 6. The number of nitrogens with one attached hydrogen (secondary N) is 1. The maximum atomic E-state index is 12.7.